The first-order valence-electron chi connectivity index (χ1n) is 10.8. The second kappa shape index (κ2) is 12.6. The van der Waals surface area contributed by atoms with Gasteiger partial charge in [0, 0.05) is 11.8 Å². The van der Waals surface area contributed by atoms with Crippen molar-refractivity contribution in [3.63, 3.8) is 0 Å². The third-order valence-corrected chi connectivity index (χ3v) is 5.30. The molecule has 0 aliphatic heterocycles. The van der Waals surface area contributed by atoms with Gasteiger partial charge in [0.2, 0.25) is 5.91 Å². The highest BCUT2D eigenvalue weighted by Crippen LogP contribution is 2.37. The van der Waals surface area contributed by atoms with Crippen LogP contribution in [0.2, 0.25) is 0 Å². The van der Waals surface area contributed by atoms with Gasteiger partial charge in [0.25, 0.3) is 0 Å². The average Bonchev–Trinajstić information content (AvgIpc) is 2.85. The first kappa shape index (κ1) is 25.1. The summed E-state index contributed by atoms with van der Waals surface area (Å²) in [6.45, 7) is 2.68. The molecule has 0 fully saturated rings. The van der Waals surface area contributed by atoms with Crippen molar-refractivity contribution < 1.29 is 23.8 Å². The standard InChI is InChI=1S/C27H26BrNO5/c1-3-14-33-27(31)21-10-7-11-22(17-21)29-25(30)13-12-20-15-23(28)26(24(16-20)32-2)34-18-19-8-5-4-6-9-19/h4-13,15-17H,3,14,18H2,1-2H3,(H,29,30)/b13-12+. The predicted molar refractivity (Wildman–Crippen MR) is 136 cm³/mol. The van der Waals surface area contributed by atoms with Gasteiger partial charge in [-0.2, -0.15) is 0 Å². The van der Waals surface area contributed by atoms with Gasteiger partial charge in [0.1, 0.15) is 6.61 Å². The molecular weight excluding hydrogens is 498 g/mol. The van der Waals surface area contributed by atoms with Gasteiger partial charge in [-0.3, -0.25) is 4.79 Å². The number of amides is 1. The monoisotopic (exact) mass is 523 g/mol. The van der Waals surface area contributed by atoms with Gasteiger partial charge >= 0.3 is 5.97 Å². The van der Waals surface area contributed by atoms with E-state index in [4.69, 9.17) is 14.2 Å². The van der Waals surface area contributed by atoms with Gasteiger partial charge in [-0.05, 0) is 69.9 Å². The molecule has 176 valence electrons. The van der Waals surface area contributed by atoms with E-state index < -0.39 is 5.97 Å². The number of benzene rings is 3. The molecule has 0 aromatic heterocycles. The summed E-state index contributed by atoms with van der Waals surface area (Å²) in [5.74, 6) is 0.377. The van der Waals surface area contributed by atoms with Crippen molar-refractivity contribution >= 4 is 39.6 Å². The van der Waals surface area contributed by atoms with Crippen LogP contribution in [0.1, 0.15) is 34.8 Å². The smallest absolute Gasteiger partial charge is 0.338 e. The summed E-state index contributed by atoms with van der Waals surface area (Å²) in [5.41, 5.74) is 2.68. The molecule has 6 nitrogen and oxygen atoms in total. The Balaban J connectivity index is 1.66. The van der Waals surface area contributed by atoms with Gasteiger partial charge in [-0.25, -0.2) is 4.79 Å². The van der Waals surface area contributed by atoms with Crippen LogP contribution in [0.3, 0.4) is 0 Å². The summed E-state index contributed by atoms with van der Waals surface area (Å²) >= 11 is 3.53. The molecule has 0 aliphatic carbocycles. The van der Waals surface area contributed by atoms with E-state index in [9.17, 15) is 9.59 Å². The maximum absolute atomic E-state index is 12.4. The van der Waals surface area contributed by atoms with Gasteiger partial charge in [0.15, 0.2) is 11.5 Å². The molecule has 0 aliphatic rings. The fraction of sp³-hybridized carbons (Fsp3) is 0.185. The van der Waals surface area contributed by atoms with Gasteiger partial charge in [-0.15, -0.1) is 0 Å². The third-order valence-electron chi connectivity index (χ3n) is 4.71. The molecule has 3 aromatic rings. The minimum atomic E-state index is -0.417. The molecule has 34 heavy (non-hydrogen) atoms. The number of hydrogen-bond acceptors (Lipinski definition) is 5. The summed E-state index contributed by atoms with van der Waals surface area (Å²) in [6, 6.07) is 20.1. The largest absolute Gasteiger partial charge is 0.493 e. The van der Waals surface area contributed by atoms with Crippen molar-refractivity contribution in [1.29, 1.82) is 0 Å². The third kappa shape index (κ3) is 7.22. The molecule has 3 aromatic carbocycles. The Labute approximate surface area is 207 Å². The minimum Gasteiger partial charge on any atom is -0.493 e. The van der Waals surface area contributed by atoms with Crippen LogP contribution in [0.4, 0.5) is 5.69 Å². The zero-order chi connectivity index (χ0) is 24.3. The van der Waals surface area contributed by atoms with Crippen LogP contribution in [-0.2, 0) is 16.1 Å². The van der Waals surface area contributed by atoms with Crippen LogP contribution >= 0.6 is 15.9 Å². The number of nitrogens with one attached hydrogen (secondary N) is 1. The van der Waals surface area contributed by atoms with Crippen LogP contribution in [0, 0.1) is 0 Å². The number of anilines is 1. The lowest BCUT2D eigenvalue weighted by Gasteiger charge is -2.13. The molecule has 0 saturated heterocycles. The second-order valence-electron chi connectivity index (χ2n) is 7.35. The Morgan fingerprint density at radius 3 is 2.56 bits per heavy atom. The number of esters is 1. The maximum atomic E-state index is 12.4. The summed E-state index contributed by atoms with van der Waals surface area (Å²) in [5, 5.41) is 2.76. The molecule has 3 rings (SSSR count). The molecule has 0 heterocycles. The highest BCUT2D eigenvalue weighted by molar-refractivity contribution is 9.10. The lowest BCUT2D eigenvalue weighted by molar-refractivity contribution is -0.111. The Morgan fingerprint density at radius 1 is 1.03 bits per heavy atom. The van der Waals surface area contributed by atoms with Crippen molar-refractivity contribution in [3.8, 4) is 11.5 Å². The Hall–Kier alpha value is -3.58. The minimum absolute atomic E-state index is 0.335. The molecule has 0 atom stereocenters. The highest BCUT2D eigenvalue weighted by atomic mass is 79.9. The summed E-state index contributed by atoms with van der Waals surface area (Å²) in [4.78, 5) is 24.4. The van der Waals surface area contributed by atoms with E-state index in [1.54, 1.807) is 43.5 Å². The van der Waals surface area contributed by atoms with Crippen molar-refractivity contribution in [2.45, 2.75) is 20.0 Å². The molecule has 1 amide bonds. The average molecular weight is 524 g/mol. The maximum Gasteiger partial charge on any atom is 0.338 e. The topological polar surface area (TPSA) is 73.9 Å². The summed E-state index contributed by atoms with van der Waals surface area (Å²) < 4.78 is 17.3. The number of carbonyl (C=O) groups excluding carboxylic acids is 2. The quantitative estimate of drug-likeness (QED) is 0.251. The van der Waals surface area contributed by atoms with E-state index in [-0.39, 0.29) is 5.91 Å². The molecule has 1 N–H and O–H groups in total. The molecule has 0 spiro atoms. The number of halogens is 1. The van der Waals surface area contributed by atoms with Gasteiger partial charge < -0.3 is 19.5 Å². The highest BCUT2D eigenvalue weighted by Gasteiger charge is 2.12. The van der Waals surface area contributed by atoms with E-state index in [1.807, 2.05) is 43.3 Å². The molecule has 0 bridgehead atoms. The van der Waals surface area contributed by atoms with Crippen molar-refractivity contribution in [3.05, 3.63) is 94.0 Å². The van der Waals surface area contributed by atoms with Gasteiger partial charge in [0.05, 0.1) is 23.8 Å². The normalized spacial score (nSPS) is 10.7. The lowest BCUT2D eigenvalue weighted by atomic mass is 10.1. The number of ether oxygens (including phenoxy) is 3. The van der Waals surface area contributed by atoms with E-state index in [0.717, 1.165) is 17.5 Å². The van der Waals surface area contributed by atoms with Crippen LogP contribution in [-0.4, -0.2) is 25.6 Å². The Morgan fingerprint density at radius 2 is 1.82 bits per heavy atom. The summed E-state index contributed by atoms with van der Waals surface area (Å²) in [7, 11) is 1.57. The van der Waals surface area contributed by atoms with Crippen LogP contribution in [0.5, 0.6) is 11.5 Å². The number of rotatable bonds is 10. The Kier molecular flexibility index (Phi) is 9.29. The van der Waals surface area contributed by atoms with Crippen molar-refractivity contribution in [2.24, 2.45) is 0 Å². The molecule has 0 unspecified atom stereocenters. The molecule has 7 heteroatoms. The first-order chi connectivity index (χ1) is 16.5. The number of carbonyl (C=O) groups is 2. The van der Waals surface area contributed by atoms with Crippen molar-refractivity contribution in [1.82, 2.24) is 0 Å². The van der Waals surface area contributed by atoms with Crippen molar-refractivity contribution in [2.75, 3.05) is 19.0 Å². The molecule has 0 saturated carbocycles. The fourth-order valence-corrected chi connectivity index (χ4v) is 3.64. The molecule has 0 radical (unpaired) electrons. The summed E-state index contributed by atoms with van der Waals surface area (Å²) in [6.07, 6.45) is 3.82. The fourth-order valence-electron chi connectivity index (χ4n) is 3.06. The van der Waals surface area contributed by atoms with E-state index in [1.165, 1.54) is 6.08 Å². The van der Waals surface area contributed by atoms with Crippen LogP contribution < -0.4 is 14.8 Å². The van der Waals surface area contributed by atoms with Crippen LogP contribution in [0.25, 0.3) is 6.08 Å². The predicted octanol–water partition coefficient (Wildman–Crippen LogP) is 6.26. The molecular formula is C27H26BrNO5. The van der Waals surface area contributed by atoms with E-state index >= 15 is 0 Å². The zero-order valence-electron chi connectivity index (χ0n) is 19.0. The SMILES string of the molecule is CCCOC(=O)c1cccc(NC(=O)/C=C/c2cc(Br)c(OCc3ccccc3)c(OC)c2)c1. The number of methoxy groups -OCH3 is 1. The second-order valence-corrected chi connectivity index (χ2v) is 8.20. The first-order valence-corrected chi connectivity index (χ1v) is 11.6. The lowest BCUT2D eigenvalue weighted by Crippen LogP contribution is -2.10. The zero-order valence-corrected chi connectivity index (χ0v) is 20.6. The van der Waals surface area contributed by atoms with E-state index in [2.05, 4.69) is 21.2 Å². The Bertz CT molecular complexity index is 1160. The number of hydrogen-bond donors (Lipinski definition) is 1. The van der Waals surface area contributed by atoms with Gasteiger partial charge in [-0.1, -0.05) is 43.3 Å². The van der Waals surface area contributed by atoms with Crippen LogP contribution in [0.15, 0.2) is 77.3 Å². The van der Waals surface area contributed by atoms with E-state index in [0.29, 0.717) is 40.4 Å².